The summed E-state index contributed by atoms with van der Waals surface area (Å²) < 4.78 is 17.7. The summed E-state index contributed by atoms with van der Waals surface area (Å²) in [7, 11) is 1.70. The molecule has 0 unspecified atom stereocenters. The molecular formula is C36H57NO8. The fourth-order valence-electron chi connectivity index (χ4n) is 12.2. The first-order chi connectivity index (χ1) is 21.3. The van der Waals surface area contributed by atoms with Crippen LogP contribution >= 0.6 is 0 Å². The topological polar surface area (TPSA) is 138 Å². The van der Waals surface area contributed by atoms with E-state index in [1.54, 1.807) is 14.0 Å². The predicted octanol–water partition coefficient (Wildman–Crippen LogP) is 3.11. The molecule has 5 aliphatic carbocycles. The number of aliphatic hydroxyl groups is 4. The molecule has 0 aromatic rings. The third kappa shape index (κ3) is 4.50. The molecule has 0 aromatic carbocycles. The van der Waals surface area contributed by atoms with E-state index in [9.17, 15) is 25.2 Å². The summed E-state index contributed by atoms with van der Waals surface area (Å²) in [6.45, 7) is 10.2. The summed E-state index contributed by atoms with van der Waals surface area (Å²) in [6.07, 6.45) is 4.94. The third-order valence-corrected chi connectivity index (χ3v) is 14.8. The Morgan fingerprint density at radius 2 is 1.89 bits per heavy atom. The van der Waals surface area contributed by atoms with Gasteiger partial charge in [-0.3, -0.25) is 10.1 Å². The standard InChI is InChI=1S/C36H57NO8/c1-19-22-11-14-37-32(40)30(22)45-29(19)31(39)35(4,41)26-17-20-7-8-23-27-24(10-13-34(26,3)36(20,27)42)33(2)12-9-21(18-25(33)28(23)38)44-16-6-15-43-5/h19-22,24-26,29-32,37,39-42H,6-18H2,1-5H3/t19-,20+,21+,22-,24+,25+,26+,29+,30+,31-,32-,33-,34-,35+,36-/m1/s1. The Morgan fingerprint density at radius 1 is 1.11 bits per heavy atom. The molecule has 45 heavy (non-hydrogen) atoms. The van der Waals surface area contributed by atoms with E-state index in [0.29, 0.717) is 39.0 Å². The minimum absolute atomic E-state index is 0.0234. The first-order valence-electron chi connectivity index (χ1n) is 17.9. The zero-order valence-electron chi connectivity index (χ0n) is 28.0. The van der Waals surface area contributed by atoms with Gasteiger partial charge in [0.2, 0.25) is 0 Å². The van der Waals surface area contributed by atoms with Gasteiger partial charge in [0, 0.05) is 31.7 Å². The summed E-state index contributed by atoms with van der Waals surface area (Å²) >= 11 is 0. The van der Waals surface area contributed by atoms with E-state index >= 15 is 0 Å². The number of fused-ring (bicyclic) bond motifs is 3. The fourth-order valence-corrected chi connectivity index (χ4v) is 12.2. The molecule has 5 fully saturated rings. The van der Waals surface area contributed by atoms with Crippen LogP contribution in [-0.4, -0.2) is 94.9 Å². The maximum absolute atomic E-state index is 14.4. The van der Waals surface area contributed by atoms with Gasteiger partial charge in [-0.05, 0) is 124 Å². The van der Waals surface area contributed by atoms with E-state index < -0.39 is 41.2 Å². The zero-order valence-corrected chi connectivity index (χ0v) is 28.0. The molecule has 0 aromatic heterocycles. The van der Waals surface area contributed by atoms with Gasteiger partial charge in [-0.15, -0.1) is 0 Å². The van der Waals surface area contributed by atoms with Crippen LogP contribution in [0.5, 0.6) is 0 Å². The Balaban J connectivity index is 1.17. The van der Waals surface area contributed by atoms with Gasteiger partial charge in [0.1, 0.15) is 18.4 Å². The lowest BCUT2D eigenvalue weighted by molar-refractivity contribution is -0.203. The smallest absolute Gasteiger partial charge is 0.162 e. The average molecular weight is 632 g/mol. The van der Waals surface area contributed by atoms with E-state index in [2.05, 4.69) is 26.1 Å². The normalized spacial score (nSPS) is 50.9. The lowest BCUT2D eigenvalue weighted by atomic mass is 9.42. The first kappa shape index (κ1) is 32.6. The number of hydrogen-bond donors (Lipinski definition) is 5. The van der Waals surface area contributed by atoms with Crippen molar-refractivity contribution in [1.29, 1.82) is 0 Å². The van der Waals surface area contributed by atoms with Crippen LogP contribution in [0.3, 0.4) is 0 Å². The number of rotatable bonds is 8. The van der Waals surface area contributed by atoms with Crippen LogP contribution in [-0.2, 0) is 19.0 Å². The minimum atomic E-state index is -1.52. The van der Waals surface area contributed by atoms with Crippen molar-refractivity contribution in [2.45, 2.75) is 134 Å². The maximum Gasteiger partial charge on any atom is 0.162 e. The first-order valence-corrected chi connectivity index (χ1v) is 17.9. The minimum Gasteiger partial charge on any atom is -0.387 e. The quantitative estimate of drug-likeness (QED) is 0.256. The highest BCUT2D eigenvalue weighted by molar-refractivity contribution is 6.00. The highest BCUT2D eigenvalue weighted by Gasteiger charge is 2.74. The molecule has 7 rings (SSSR count). The van der Waals surface area contributed by atoms with Crippen LogP contribution in [0.4, 0.5) is 0 Å². The monoisotopic (exact) mass is 631 g/mol. The van der Waals surface area contributed by atoms with Crippen LogP contribution in [0.25, 0.3) is 0 Å². The number of aliphatic hydroxyl groups excluding tert-OH is 2. The number of nitrogens with one attached hydrogen (secondary N) is 1. The molecule has 7 aliphatic rings. The highest BCUT2D eigenvalue weighted by Crippen LogP contribution is 2.73. The molecule has 0 spiro atoms. The molecule has 9 heteroatoms. The molecule has 3 saturated carbocycles. The van der Waals surface area contributed by atoms with E-state index in [0.717, 1.165) is 56.1 Å². The van der Waals surface area contributed by atoms with Gasteiger partial charge in [0.15, 0.2) is 5.78 Å². The second kappa shape index (κ2) is 11.3. The number of ketones is 1. The number of hydrogen-bond acceptors (Lipinski definition) is 9. The van der Waals surface area contributed by atoms with E-state index in [4.69, 9.17) is 14.2 Å². The summed E-state index contributed by atoms with van der Waals surface area (Å²) in [5.74, 6) is -0.109. The van der Waals surface area contributed by atoms with Gasteiger partial charge in [-0.25, -0.2) is 0 Å². The Kier molecular flexibility index (Phi) is 8.21. The third-order valence-electron chi connectivity index (χ3n) is 14.8. The summed E-state index contributed by atoms with van der Waals surface area (Å²) in [4.78, 5) is 14.4. The summed E-state index contributed by atoms with van der Waals surface area (Å²) in [5.41, 5.74) is -1.80. The lowest BCUT2D eigenvalue weighted by Gasteiger charge is -2.63. The highest BCUT2D eigenvalue weighted by atomic mass is 16.5. The van der Waals surface area contributed by atoms with Gasteiger partial charge < -0.3 is 34.6 Å². The fraction of sp³-hybridized carbons (Fsp3) is 0.917. The van der Waals surface area contributed by atoms with Crippen molar-refractivity contribution >= 4 is 5.78 Å². The Hall–Kier alpha value is -0.910. The summed E-state index contributed by atoms with van der Waals surface area (Å²) in [6, 6.07) is 0. The molecule has 2 saturated heterocycles. The molecule has 0 bridgehead atoms. The second-order valence-electron chi connectivity index (χ2n) is 16.7. The molecule has 0 amide bonds. The van der Waals surface area contributed by atoms with Crippen molar-refractivity contribution in [3.05, 3.63) is 11.1 Å². The van der Waals surface area contributed by atoms with Crippen LogP contribution in [0.2, 0.25) is 0 Å². The van der Waals surface area contributed by atoms with Crippen molar-refractivity contribution in [1.82, 2.24) is 5.32 Å². The Morgan fingerprint density at radius 3 is 2.62 bits per heavy atom. The SMILES string of the molecule is COCCCO[C@H]1CC[C@@]2(C)[C@@H](C1)C(=O)C1=C3[C@@H]2CC[C@]2(C)[C@@H]([C@](C)(O)[C@H](O)[C@H]4O[C@H]5[C@H](CCN[C@@H]5O)[C@H]4C)C[C@H](CC1)[C@@]32O. The molecule has 5 N–H and O–H groups in total. The number of carbonyl (C=O) groups excluding carboxylic acids is 1. The van der Waals surface area contributed by atoms with E-state index in [1.165, 1.54) is 0 Å². The summed E-state index contributed by atoms with van der Waals surface area (Å²) in [5, 5.41) is 51.1. The van der Waals surface area contributed by atoms with Gasteiger partial charge in [0.05, 0.1) is 23.4 Å². The lowest BCUT2D eigenvalue weighted by Crippen LogP contribution is -2.65. The molecule has 254 valence electrons. The van der Waals surface area contributed by atoms with Gasteiger partial charge in [-0.1, -0.05) is 20.8 Å². The maximum atomic E-state index is 14.4. The molecule has 15 atom stereocenters. The van der Waals surface area contributed by atoms with Crippen LogP contribution in [0, 0.1) is 46.3 Å². The largest absolute Gasteiger partial charge is 0.387 e. The number of ether oxygens (including phenoxy) is 3. The zero-order chi connectivity index (χ0) is 32.1. The van der Waals surface area contributed by atoms with Crippen LogP contribution < -0.4 is 5.32 Å². The van der Waals surface area contributed by atoms with Crippen LogP contribution in [0.15, 0.2) is 11.1 Å². The van der Waals surface area contributed by atoms with E-state index in [1.807, 2.05) is 0 Å². The molecule has 2 heterocycles. The molecule has 0 radical (unpaired) electrons. The Bertz CT molecular complexity index is 1210. The number of Topliss-reactive ketones (excluding diaryl/α,β-unsaturated/α-hetero) is 1. The molecule has 9 nitrogen and oxygen atoms in total. The Labute approximate surface area is 268 Å². The number of piperidine rings is 1. The van der Waals surface area contributed by atoms with Crippen molar-refractivity contribution in [2.24, 2.45) is 46.3 Å². The second-order valence-corrected chi connectivity index (χ2v) is 16.7. The van der Waals surface area contributed by atoms with Crippen molar-refractivity contribution in [3.8, 4) is 0 Å². The van der Waals surface area contributed by atoms with Crippen LogP contribution in [0.1, 0.15) is 91.9 Å². The average Bonchev–Trinajstić information content (AvgIpc) is 3.47. The predicted molar refractivity (Wildman–Crippen MR) is 167 cm³/mol. The number of allylic oxidation sites excluding steroid dienone is 1. The van der Waals surface area contributed by atoms with Gasteiger partial charge in [0.25, 0.3) is 0 Å². The molecular weight excluding hydrogens is 574 g/mol. The number of carbonyl (C=O) groups is 1. The molecule has 2 aliphatic heterocycles. The number of methoxy groups -OCH3 is 1. The van der Waals surface area contributed by atoms with Gasteiger partial charge >= 0.3 is 0 Å². The van der Waals surface area contributed by atoms with Crippen molar-refractivity contribution < 1.29 is 39.4 Å². The van der Waals surface area contributed by atoms with Crippen molar-refractivity contribution in [3.63, 3.8) is 0 Å². The van der Waals surface area contributed by atoms with E-state index in [-0.39, 0.29) is 52.8 Å². The van der Waals surface area contributed by atoms with Gasteiger partial charge in [-0.2, -0.15) is 0 Å². The van der Waals surface area contributed by atoms with Crippen molar-refractivity contribution in [2.75, 3.05) is 26.9 Å².